The summed E-state index contributed by atoms with van der Waals surface area (Å²) in [5, 5.41) is 18.4. The molecule has 5 heterocycles. The van der Waals surface area contributed by atoms with Crippen molar-refractivity contribution in [3.8, 4) is 17.6 Å². The summed E-state index contributed by atoms with van der Waals surface area (Å²) >= 11 is 1.51. The minimum absolute atomic E-state index is 0.303. The Hall–Kier alpha value is -3.24. The Bertz CT molecular complexity index is 1460. The lowest BCUT2D eigenvalue weighted by molar-refractivity contribution is 0.172. The number of pyridine rings is 1. The van der Waals surface area contributed by atoms with E-state index in [1.54, 1.807) is 7.11 Å². The molecule has 230 valence electrons. The third-order valence-electron chi connectivity index (χ3n) is 9.20. The number of nitrogens with two attached hydrogens (primary N) is 1. The first-order valence-corrected chi connectivity index (χ1v) is 16.3. The van der Waals surface area contributed by atoms with Crippen LogP contribution < -0.4 is 20.9 Å². The molecule has 2 saturated heterocycles. The number of hydrogen-bond acceptors (Lipinski definition) is 12. The summed E-state index contributed by atoms with van der Waals surface area (Å²) in [5.41, 5.74) is 9.04. The highest BCUT2D eigenvalue weighted by Gasteiger charge is 2.43. The van der Waals surface area contributed by atoms with Gasteiger partial charge >= 0.3 is 0 Å². The minimum Gasteiger partial charge on any atom is -0.389 e. The molecule has 6 rings (SSSR count). The highest BCUT2D eigenvalue weighted by Crippen LogP contribution is 2.48. The lowest BCUT2D eigenvalue weighted by Gasteiger charge is -2.33. The van der Waals surface area contributed by atoms with Gasteiger partial charge in [-0.15, -0.1) is 11.3 Å². The zero-order chi connectivity index (χ0) is 30.0. The van der Waals surface area contributed by atoms with Crippen molar-refractivity contribution in [2.24, 2.45) is 0 Å². The number of ether oxygens (including phenoxy) is 1. The van der Waals surface area contributed by atoms with Crippen molar-refractivity contribution >= 4 is 27.8 Å². The van der Waals surface area contributed by atoms with Gasteiger partial charge < -0.3 is 35.0 Å². The molecule has 1 aliphatic carbocycles. The molecule has 2 fully saturated rings. The van der Waals surface area contributed by atoms with Gasteiger partial charge in [-0.2, -0.15) is 10.2 Å². The quantitative estimate of drug-likeness (QED) is 0.365. The lowest BCUT2D eigenvalue weighted by Crippen LogP contribution is -2.44. The molecule has 43 heavy (non-hydrogen) atoms. The molecule has 3 N–H and O–H groups in total. The van der Waals surface area contributed by atoms with Crippen molar-refractivity contribution in [1.29, 1.82) is 5.26 Å². The fourth-order valence-electron chi connectivity index (χ4n) is 6.95. The number of hydrogen-bond donors (Lipinski definition) is 2. The number of aryl methyl sites for hydroxylation is 1. The number of nitrogens with zero attached hydrogens (tertiary/aromatic N) is 7. The van der Waals surface area contributed by atoms with Gasteiger partial charge in [0, 0.05) is 87.8 Å². The van der Waals surface area contributed by atoms with Gasteiger partial charge in [0.05, 0.1) is 11.0 Å². The van der Waals surface area contributed by atoms with Crippen LogP contribution >= 0.6 is 11.3 Å². The van der Waals surface area contributed by atoms with Gasteiger partial charge in [0.25, 0.3) is 0 Å². The molecule has 0 saturated carbocycles. The maximum atomic E-state index is 9.92. The Morgan fingerprint density at radius 3 is 2.84 bits per heavy atom. The van der Waals surface area contributed by atoms with Gasteiger partial charge in [-0.3, -0.25) is 0 Å². The predicted molar refractivity (Wildman–Crippen MR) is 170 cm³/mol. The maximum absolute atomic E-state index is 9.92. The smallest absolute Gasteiger partial charge is 0.237 e. The SMILES string of the molecule is COCCCN1CCCN(c2cc(N3CCNCC3)cc(-c3noc(C4(C)CCCc5sc(N)c(C#N)c54)n3)n2)[C@@H](C)C1. The van der Waals surface area contributed by atoms with Crippen LogP contribution in [0, 0.1) is 11.3 Å². The number of methoxy groups -OCH3 is 1. The van der Waals surface area contributed by atoms with Crippen LogP contribution in [-0.4, -0.2) is 92.1 Å². The first kappa shape index (κ1) is 29.8. The van der Waals surface area contributed by atoms with E-state index in [0.717, 1.165) is 113 Å². The van der Waals surface area contributed by atoms with Crippen LogP contribution in [0.5, 0.6) is 0 Å². The van der Waals surface area contributed by atoms with Crippen molar-refractivity contribution in [2.75, 3.05) is 81.6 Å². The molecule has 0 spiro atoms. The molecule has 3 aromatic rings. The zero-order valence-corrected chi connectivity index (χ0v) is 26.4. The third kappa shape index (κ3) is 5.96. The summed E-state index contributed by atoms with van der Waals surface area (Å²) in [6.45, 7) is 13.0. The van der Waals surface area contributed by atoms with E-state index in [1.807, 2.05) is 0 Å². The standard InChI is InChI=1S/C31H43N9O2S/c1-21-20-38(12-6-16-41-3)11-5-13-40(21)26-18-22(39-14-9-34-10-15-39)17-24(35-26)29-36-30(42-37-29)31(2)8-4-7-25-27(31)23(19-32)28(33)43-25/h17-18,21,34H,4-16,20,33H2,1-3H3/t21-,31?/m0/s1. The molecular weight excluding hydrogens is 562 g/mol. The fraction of sp³-hybridized carbons (Fsp3) is 0.613. The van der Waals surface area contributed by atoms with Crippen LogP contribution in [0.3, 0.4) is 0 Å². The molecule has 1 unspecified atom stereocenters. The van der Waals surface area contributed by atoms with Gasteiger partial charge in [-0.1, -0.05) is 5.16 Å². The largest absolute Gasteiger partial charge is 0.389 e. The van der Waals surface area contributed by atoms with E-state index in [0.29, 0.717) is 34.0 Å². The van der Waals surface area contributed by atoms with E-state index in [1.165, 1.54) is 11.3 Å². The van der Waals surface area contributed by atoms with Gasteiger partial charge in [-0.05, 0) is 58.6 Å². The summed E-state index contributed by atoms with van der Waals surface area (Å²) in [7, 11) is 1.77. The van der Waals surface area contributed by atoms with Gasteiger partial charge in [0.1, 0.15) is 22.6 Å². The topological polar surface area (TPSA) is 133 Å². The monoisotopic (exact) mass is 605 g/mol. The fourth-order valence-corrected chi connectivity index (χ4v) is 8.15. The number of fused-ring (bicyclic) bond motifs is 1. The lowest BCUT2D eigenvalue weighted by atomic mass is 9.72. The zero-order valence-electron chi connectivity index (χ0n) is 25.6. The van der Waals surface area contributed by atoms with Gasteiger partial charge in [-0.25, -0.2) is 4.98 Å². The number of anilines is 3. The molecule has 2 atom stereocenters. The molecule has 12 heteroatoms. The second-order valence-corrected chi connectivity index (χ2v) is 13.3. The van der Waals surface area contributed by atoms with E-state index in [4.69, 9.17) is 25.0 Å². The number of piperazine rings is 1. The highest BCUT2D eigenvalue weighted by atomic mass is 32.1. The van der Waals surface area contributed by atoms with Crippen LogP contribution in [0.25, 0.3) is 11.5 Å². The van der Waals surface area contributed by atoms with Crippen LogP contribution in [-0.2, 0) is 16.6 Å². The van der Waals surface area contributed by atoms with E-state index >= 15 is 0 Å². The summed E-state index contributed by atoms with van der Waals surface area (Å²) < 4.78 is 11.3. The van der Waals surface area contributed by atoms with E-state index in [9.17, 15) is 5.26 Å². The second-order valence-electron chi connectivity index (χ2n) is 12.2. The number of nitrogens with one attached hydrogen (secondary N) is 1. The number of aromatic nitrogens is 3. The molecule has 0 bridgehead atoms. The Morgan fingerprint density at radius 2 is 2.05 bits per heavy atom. The Labute approximate surface area is 258 Å². The van der Waals surface area contributed by atoms with Crippen molar-refractivity contribution in [1.82, 2.24) is 25.3 Å². The van der Waals surface area contributed by atoms with Gasteiger partial charge in [0.2, 0.25) is 11.7 Å². The Kier molecular flexibility index (Phi) is 8.86. The van der Waals surface area contributed by atoms with Crippen molar-refractivity contribution in [3.63, 3.8) is 0 Å². The summed E-state index contributed by atoms with van der Waals surface area (Å²) in [4.78, 5) is 18.7. The van der Waals surface area contributed by atoms with Crippen LogP contribution in [0.1, 0.15) is 61.4 Å². The molecular formula is C31H43N9O2S. The summed E-state index contributed by atoms with van der Waals surface area (Å²) in [5.74, 6) is 1.95. The predicted octanol–water partition coefficient (Wildman–Crippen LogP) is 3.64. The second kappa shape index (κ2) is 12.8. The van der Waals surface area contributed by atoms with E-state index in [-0.39, 0.29) is 0 Å². The first-order valence-electron chi connectivity index (χ1n) is 15.5. The minimum atomic E-state index is -0.567. The number of rotatable bonds is 8. The molecule has 3 aromatic heterocycles. The van der Waals surface area contributed by atoms with E-state index in [2.05, 4.69) is 57.2 Å². The Balaban J connectivity index is 1.34. The van der Waals surface area contributed by atoms with Crippen LogP contribution in [0.2, 0.25) is 0 Å². The molecule has 3 aliphatic rings. The number of nitrogen functional groups attached to an aromatic ring is 1. The highest BCUT2D eigenvalue weighted by molar-refractivity contribution is 7.16. The average molecular weight is 606 g/mol. The average Bonchev–Trinajstić information content (AvgIpc) is 3.60. The van der Waals surface area contributed by atoms with Crippen LogP contribution in [0.4, 0.5) is 16.5 Å². The van der Waals surface area contributed by atoms with Crippen molar-refractivity contribution < 1.29 is 9.26 Å². The van der Waals surface area contributed by atoms with E-state index < -0.39 is 5.41 Å². The van der Waals surface area contributed by atoms with Gasteiger partial charge in [0.15, 0.2) is 0 Å². The normalized spacial score (nSPS) is 23.2. The van der Waals surface area contributed by atoms with Crippen molar-refractivity contribution in [2.45, 2.75) is 57.4 Å². The molecule has 0 amide bonds. The van der Waals surface area contributed by atoms with Crippen LogP contribution in [0.15, 0.2) is 16.7 Å². The Morgan fingerprint density at radius 1 is 1.21 bits per heavy atom. The first-order chi connectivity index (χ1) is 20.9. The molecule has 0 radical (unpaired) electrons. The summed E-state index contributed by atoms with van der Waals surface area (Å²) in [6.07, 6.45) is 4.82. The molecule has 11 nitrogen and oxygen atoms in total. The molecule has 2 aliphatic heterocycles. The number of thiophene rings is 1. The number of nitriles is 1. The van der Waals surface area contributed by atoms with Crippen molar-refractivity contribution in [3.05, 3.63) is 34.0 Å². The maximum Gasteiger partial charge on any atom is 0.237 e. The summed E-state index contributed by atoms with van der Waals surface area (Å²) in [6, 6.07) is 6.97. The molecule has 0 aromatic carbocycles. The third-order valence-corrected chi connectivity index (χ3v) is 10.3.